The summed E-state index contributed by atoms with van der Waals surface area (Å²) in [6.45, 7) is 4.61. The Morgan fingerprint density at radius 3 is 1.96 bits per heavy atom. The fourth-order valence-electron chi connectivity index (χ4n) is 2.60. The molecule has 0 aromatic heterocycles. The Labute approximate surface area is 150 Å². The third-order valence-corrected chi connectivity index (χ3v) is 4.57. The van der Waals surface area contributed by atoms with Crippen molar-refractivity contribution < 1.29 is 14.4 Å². The maximum atomic E-state index is 12.5. The molecule has 130 valence electrons. The summed E-state index contributed by atoms with van der Waals surface area (Å²) in [6.07, 6.45) is 0. The fourth-order valence-corrected chi connectivity index (χ4v) is 3.20. The van der Waals surface area contributed by atoms with Crippen molar-refractivity contribution in [2.24, 2.45) is 0 Å². The number of rotatable bonds is 3. The molecule has 8 heteroatoms. The van der Waals surface area contributed by atoms with E-state index in [1.165, 1.54) is 18.7 Å². The number of amides is 3. The summed E-state index contributed by atoms with van der Waals surface area (Å²) < 4.78 is 0. The van der Waals surface area contributed by atoms with Crippen molar-refractivity contribution in [2.45, 2.75) is 13.8 Å². The molecule has 1 aromatic carbocycles. The van der Waals surface area contributed by atoms with Gasteiger partial charge in [-0.15, -0.1) is 0 Å². The first-order valence-electron chi connectivity index (χ1n) is 7.56. The van der Waals surface area contributed by atoms with Crippen LogP contribution in [-0.4, -0.2) is 60.2 Å². The Morgan fingerprint density at radius 1 is 1.00 bits per heavy atom. The fraction of sp³-hybridized carbons (Fsp3) is 0.438. The third-order valence-electron chi connectivity index (χ3n) is 3.96. The van der Waals surface area contributed by atoms with Gasteiger partial charge in [0, 0.05) is 40.0 Å². The number of anilines is 1. The highest BCUT2D eigenvalue weighted by atomic mass is 35.5. The largest absolute Gasteiger partial charge is 0.339 e. The molecule has 1 saturated heterocycles. The second kappa shape index (κ2) is 7.85. The molecule has 0 bridgehead atoms. The number of halogens is 2. The van der Waals surface area contributed by atoms with E-state index in [0.717, 1.165) is 0 Å². The van der Waals surface area contributed by atoms with Crippen molar-refractivity contribution in [1.29, 1.82) is 0 Å². The first-order valence-corrected chi connectivity index (χ1v) is 8.32. The van der Waals surface area contributed by atoms with Crippen LogP contribution in [0.1, 0.15) is 13.8 Å². The highest BCUT2D eigenvalue weighted by Crippen LogP contribution is 2.33. The summed E-state index contributed by atoms with van der Waals surface area (Å²) in [7, 11) is 0. The van der Waals surface area contributed by atoms with Crippen LogP contribution in [0.15, 0.2) is 18.2 Å². The van der Waals surface area contributed by atoms with Crippen molar-refractivity contribution in [1.82, 2.24) is 9.80 Å². The Hall–Kier alpha value is -1.79. The first kappa shape index (κ1) is 18.5. The maximum Gasteiger partial charge on any atom is 0.242 e. The number of hydrogen-bond acceptors (Lipinski definition) is 3. The zero-order chi connectivity index (χ0) is 17.9. The molecule has 2 rings (SSSR count). The minimum Gasteiger partial charge on any atom is -0.339 e. The number of carbonyl (C=O) groups excluding carboxylic acids is 3. The second-order valence-corrected chi connectivity index (χ2v) is 6.38. The van der Waals surface area contributed by atoms with E-state index < -0.39 is 0 Å². The lowest BCUT2D eigenvalue weighted by Gasteiger charge is -2.35. The molecule has 3 amide bonds. The molecule has 1 aliphatic heterocycles. The Balaban J connectivity index is 2.10. The third kappa shape index (κ3) is 4.19. The SMILES string of the molecule is CC(=O)N1CCN(C(=O)CN(C(C)=O)c2c(Cl)cccc2Cl)CC1. The van der Waals surface area contributed by atoms with Gasteiger partial charge in [0.25, 0.3) is 0 Å². The van der Waals surface area contributed by atoms with E-state index in [4.69, 9.17) is 23.2 Å². The molecule has 0 unspecified atom stereocenters. The van der Waals surface area contributed by atoms with E-state index in [1.54, 1.807) is 28.0 Å². The van der Waals surface area contributed by atoms with Crippen LogP contribution in [0.2, 0.25) is 10.0 Å². The molecule has 0 saturated carbocycles. The van der Waals surface area contributed by atoms with Crippen molar-refractivity contribution in [3.63, 3.8) is 0 Å². The Morgan fingerprint density at radius 2 is 1.50 bits per heavy atom. The lowest BCUT2D eigenvalue weighted by Crippen LogP contribution is -2.52. The molecule has 0 N–H and O–H groups in total. The van der Waals surface area contributed by atoms with Crippen LogP contribution in [0.4, 0.5) is 5.69 Å². The van der Waals surface area contributed by atoms with E-state index in [0.29, 0.717) is 41.9 Å². The normalized spacial score (nSPS) is 14.5. The van der Waals surface area contributed by atoms with Gasteiger partial charge < -0.3 is 14.7 Å². The molecule has 1 aromatic rings. The van der Waals surface area contributed by atoms with E-state index in [9.17, 15) is 14.4 Å². The quantitative estimate of drug-likeness (QED) is 0.816. The van der Waals surface area contributed by atoms with Gasteiger partial charge >= 0.3 is 0 Å². The van der Waals surface area contributed by atoms with Gasteiger partial charge in [-0.25, -0.2) is 0 Å². The molecule has 6 nitrogen and oxygen atoms in total. The van der Waals surface area contributed by atoms with Crippen LogP contribution in [0.5, 0.6) is 0 Å². The van der Waals surface area contributed by atoms with Crippen molar-refractivity contribution >= 4 is 46.6 Å². The lowest BCUT2D eigenvalue weighted by molar-refractivity contribution is -0.137. The van der Waals surface area contributed by atoms with Gasteiger partial charge in [-0.2, -0.15) is 0 Å². The van der Waals surface area contributed by atoms with Crippen molar-refractivity contribution in [3.05, 3.63) is 28.2 Å². The van der Waals surface area contributed by atoms with E-state index >= 15 is 0 Å². The van der Waals surface area contributed by atoms with Crippen LogP contribution in [0.3, 0.4) is 0 Å². The highest BCUT2D eigenvalue weighted by Gasteiger charge is 2.26. The molecule has 1 fully saturated rings. The smallest absolute Gasteiger partial charge is 0.242 e. The Bertz CT molecular complexity index is 638. The monoisotopic (exact) mass is 371 g/mol. The zero-order valence-corrected chi connectivity index (χ0v) is 15.1. The van der Waals surface area contributed by atoms with Gasteiger partial charge in [-0.3, -0.25) is 14.4 Å². The average molecular weight is 372 g/mol. The minimum absolute atomic E-state index is 0.00434. The molecule has 0 atom stereocenters. The van der Waals surface area contributed by atoms with Crippen molar-refractivity contribution in [3.8, 4) is 0 Å². The van der Waals surface area contributed by atoms with Gasteiger partial charge in [0.15, 0.2) is 0 Å². The standard InChI is InChI=1S/C16H19Cl2N3O3/c1-11(22)19-6-8-20(9-7-19)15(24)10-21(12(2)23)16-13(17)4-3-5-14(16)18/h3-5H,6-10H2,1-2H3. The zero-order valence-electron chi connectivity index (χ0n) is 13.6. The number of nitrogens with zero attached hydrogens (tertiary/aromatic N) is 3. The van der Waals surface area contributed by atoms with Crippen LogP contribution in [0.25, 0.3) is 0 Å². The number of para-hydroxylation sites is 1. The van der Waals surface area contributed by atoms with E-state index in [1.807, 2.05) is 0 Å². The molecule has 0 spiro atoms. The van der Waals surface area contributed by atoms with E-state index in [-0.39, 0.29) is 24.3 Å². The summed E-state index contributed by atoms with van der Waals surface area (Å²) in [5, 5.41) is 0.624. The van der Waals surface area contributed by atoms with Crippen molar-refractivity contribution in [2.75, 3.05) is 37.6 Å². The average Bonchev–Trinajstić information content (AvgIpc) is 2.53. The molecular formula is C16H19Cl2N3O3. The summed E-state index contributed by atoms with van der Waals surface area (Å²) in [6, 6.07) is 4.92. The van der Waals surface area contributed by atoms with Gasteiger partial charge in [0.05, 0.1) is 15.7 Å². The predicted octanol–water partition coefficient (Wildman–Crippen LogP) is 2.04. The summed E-state index contributed by atoms with van der Waals surface area (Å²) in [4.78, 5) is 40.5. The van der Waals surface area contributed by atoms with Crippen LogP contribution in [-0.2, 0) is 14.4 Å². The Kier molecular flexibility index (Phi) is 6.07. The number of hydrogen-bond donors (Lipinski definition) is 0. The molecule has 1 aliphatic rings. The summed E-state index contributed by atoms with van der Waals surface area (Å²) in [5.41, 5.74) is 0.337. The van der Waals surface area contributed by atoms with Crippen LogP contribution >= 0.6 is 23.2 Å². The maximum absolute atomic E-state index is 12.5. The molecule has 24 heavy (non-hydrogen) atoms. The number of piperazine rings is 1. The molecule has 0 aliphatic carbocycles. The molecular weight excluding hydrogens is 353 g/mol. The summed E-state index contributed by atoms with van der Waals surface area (Å²) in [5.74, 6) is -0.527. The topological polar surface area (TPSA) is 60.9 Å². The molecule has 1 heterocycles. The van der Waals surface area contributed by atoms with E-state index in [2.05, 4.69) is 0 Å². The van der Waals surface area contributed by atoms with Gasteiger partial charge in [-0.1, -0.05) is 29.3 Å². The summed E-state index contributed by atoms with van der Waals surface area (Å²) >= 11 is 12.3. The lowest BCUT2D eigenvalue weighted by atomic mass is 10.2. The van der Waals surface area contributed by atoms with Gasteiger partial charge in [-0.05, 0) is 12.1 Å². The number of carbonyl (C=O) groups is 3. The minimum atomic E-state index is -0.319. The molecule has 0 radical (unpaired) electrons. The number of benzene rings is 1. The van der Waals surface area contributed by atoms with Crippen LogP contribution in [0, 0.1) is 0 Å². The van der Waals surface area contributed by atoms with Gasteiger partial charge in [0.2, 0.25) is 17.7 Å². The first-order chi connectivity index (χ1) is 11.3. The second-order valence-electron chi connectivity index (χ2n) is 5.56. The predicted molar refractivity (Wildman–Crippen MR) is 93.3 cm³/mol. The highest BCUT2D eigenvalue weighted by molar-refractivity contribution is 6.40. The van der Waals surface area contributed by atoms with Gasteiger partial charge in [0.1, 0.15) is 6.54 Å². The van der Waals surface area contributed by atoms with Crippen LogP contribution < -0.4 is 4.90 Å².